The number of carbonyl (C=O) groups is 2. The van der Waals surface area contributed by atoms with Crippen LogP contribution in [0.25, 0.3) is 0 Å². The number of carbonyl (C=O) groups excluding carboxylic acids is 2. The van der Waals surface area contributed by atoms with Gasteiger partial charge in [-0.25, -0.2) is 0 Å². The molecule has 5 nitrogen and oxygen atoms in total. The number of rotatable bonds is 3. The molecule has 5 heteroatoms. The van der Waals surface area contributed by atoms with Crippen molar-refractivity contribution in [2.24, 2.45) is 0 Å². The van der Waals surface area contributed by atoms with Gasteiger partial charge in [0.1, 0.15) is 6.04 Å². The molecular weight excluding hydrogens is 242 g/mol. The monoisotopic (exact) mass is 261 g/mol. The van der Waals surface area contributed by atoms with E-state index in [9.17, 15) is 9.59 Å². The smallest absolute Gasteiger partial charge is 0.243 e. The van der Waals surface area contributed by atoms with Gasteiger partial charge in [0.2, 0.25) is 11.8 Å². The van der Waals surface area contributed by atoms with Crippen LogP contribution in [0.15, 0.2) is 24.3 Å². The third kappa shape index (κ3) is 3.54. The second-order valence-electron chi connectivity index (χ2n) is 5.01. The summed E-state index contributed by atoms with van der Waals surface area (Å²) < 4.78 is 0. The highest BCUT2D eigenvalue weighted by atomic mass is 16.2. The Morgan fingerprint density at radius 3 is 2.84 bits per heavy atom. The molecule has 3 N–H and O–H groups in total. The first-order valence-corrected chi connectivity index (χ1v) is 6.47. The summed E-state index contributed by atoms with van der Waals surface area (Å²) in [5, 5.41) is 8.44. The number of hydrogen-bond donors (Lipinski definition) is 3. The summed E-state index contributed by atoms with van der Waals surface area (Å²) >= 11 is 0. The molecule has 0 saturated carbocycles. The van der Waals surface area contributed by atoms with Gasteiger partial charge in [-0.2, -0.15) is 0 Å². The normalized spacial score (nSPS) is 19.1. The van der Waals surface area contributed by atoms with E-state index in [-0.39, 0.29) is 24.4 Å². The molecule has 0 bridgehead atoms. The molecule has 1 fully saturated rings. The van der Waals surface area contributed by atoms with Gasteiger partial charge < -0.3 is 10.6 Å². The van der Waals surface area contributed by atoms with Crippen LogP contribution in [0.3, 0.4) is 0 Å². The second-order valence-corrected chi connectivity index (χ2v) is 5.01. The zero-order valence-electron chi connectivity index (χ0n) is 11.2. The lowest BCUT2D eigenvalue weighted by molar-refractivity contribution is -0.124. The Bertz CT molecular complexity index is 475. The Balaban J connectivity index is 1.98. The second kappa shape index (κ2) is 5.84. The van der Waals surface area contributed by atoms with Crippen molar-refractivity contribution in [3.63, 3.8) is 0 Å². The third-order valence-electron chi connectivity index (χ3n) is 3.15. The molecule has 2 amide bonds. The van der Waals surface area contributed by atoms with Crippen LogP contribution >= 0.6 is 0 Å². The molecule has 0 aliphatic carbocycles. The summed E-state index contributed by atoms with van der Waals surface area (Å²) in [5.74, 6) is 0.218. The average molecular weight is 261 g/mol. The van der Waals surface area contributed by atoms with Crippen molar-refractivity contribution in [1.29, 1.82) is 0 Å². The largest absolute Gasteiger partial charge is 0.353 e. The molecule has 0 spiro atoms. The van der Waals surface area contributed by atoms with Crippen LogP contribution in [0, 0.1) is 0 Å². The SMILES string of the molecule is CC(C)c1cccc(NC(=O)C2CNC(=O)CN2)c1. The molecule has 2 rings (SSSR count). The fourth-order valence-corrected chi connectivity index (χ4v) is 1.96. The molecule has 102 valence electrons. The fourth-order valence-electron chi connectivity index (χ4n) is 1.96. The number of anilines is 1. The van der Waals surface area contributed by atoms with E-state index in [2.05, 4.69) is 29.8 Å². The first-order valence-electron chi connectivity index (χ1n) is 6.47. The zero-order valence-corrected chi connectivity index (χ0v) is 11.2. The quantitative estimate of drug-likeness (QED) is 0.755. The zero-order chi connectivity index (χ0) is 13.8. The molecule has 1 unspecified atom stereocenters. The van der Waals surface area contributed by atoms with Crippen LogP contribution < -0.4 is 16.0 Å². The van der Waals surface area contributed by atoms with Crippen molar-refractivity contribution in [3.8, 4) is 0 Å². The van der Waals surface area contributed by atoms with Gasteiger partial charge in [-0.15, -0.1) is 0 Å². The van der Waals surface area contributed by atoms with Crippen molar-refractivity contribution >= 4 is 17.5 Å². The highest BCUT2D eigenvalue weighted by molar-refractivity contribution is 5.96. The lowest BCUT2D eigenvalue weighted by Gasteiger charge is -2.23. The van der Waals surface area contributed by atoms with Crippen molar-refractivity contribution < 1.29 is 9.59 Å². The maximum absolute atomic E-state index is 12.0. The number of piperazine rings is 1. The first-order chi connectivity index (χ1) is 9.06. The van der Waals surface area contributed by atoms with Crippen LogP contribution in [0.5, 0.6) is 0 Å². The fraction of sp³-hybridized carbons (Fsp3) is 0.429. The number of benzene rings is 1. The third-order valence-corrected chi connectivity index (χ3v) is 3.15. The molecule has 1 aliphatic rings. The van der Waals surface area contributed by atoms with Gasteiger partial charge in [-0.1, -0.05) is 26.0 Å². The topological polar surface area (TPSA) is 70.2 Å². The standard InChI is InChI=1S/C14H19N3O2/c1-9(2)10-4-3-5-11(6-10)17-14(19)12-7-16-13(18)8-15-12/h3-6,9,12,15H,7-8H2,1-2H3,(H,16,18)(H,17,19). The van der Waals surface area contributed by atoms with E-state index >= 15 is 0 Å². The molecule has 1 aromatic carbocycles. The molecule has 1 aliphatic heterocycles. The lowest BCUT2D eigenvalue weighted by Crippen LogP contribution is -2.56. The van der Waals surface area contributed by atoms with Gasteiger partial charge in [0.15, 0.2) is 0 Å². The van der Waals surface area contributed by atoms with Crippen molar-refractivity contribution in [2.75, 3.05) is 18.4 Å². The van der Waals surface area contributed by atoms with Crippen molar-refractivity contribution in [3.05, 3.63) is 29.8 Å². The van der Waals surface area contributed by atoms with E-state index in [1.165, 1.54) is 5.56 Å². The molecule has 1 atom stereocenters. The minimum atomic E-state index is -0.375. The van der Waals surface area contributed by atoms with Gasteiger partial charge in [-0.3, -0.25) is 14.9 Å². The minimum absolute atomic E-state index is 0.0779. The van der Waals surface area contributed by atoms with E-state index in [1.807, 2.05) is 24.3 Å². The average Bonchev–Trinajstić information content (AvgIpc) is 2.39. The van der Waals surface area contributed by atoms with Crippen molar-refractivity contribution in [2.45, 2.75) is 25.8 Å². The van der Waals surface area contributed by atoms with E-state index in [0.29, 0.717) is 12.5 Å². The lowest BCUT2D eigenvalue weighted by atomic mass is 10.0. The molecule has 1 saturated heterocycles. The van der Waals surface area contributed by atoms with Crippen LogP contribution in [0.2, 0.25) is 0 Å². The summed E-state index contributed by atoms with van der Waals surface area (Å²) in [6, 6.07) is 7.44. The van der Waals surface area contributed by atoms with Crippen molar-refractivity contribution in [1.82, 2.24) is 10.6 Å². The Hall–Kier alpha value is -1.88. The summed E-state index contributed by atoms with van der Waals surface area (Å²) in [6.45, 7) is 4.73. The highest BCUT2D eigenvalue weighted by Crippen LogP contribution is 2.18. The first kappa shape index (κ1) is 13.5. The summed E-state index contributed by atoms with van der Waals surface area (Å²) in [6.07, 6.45) is 0. The van der Waals surface area contributed by atoms with Crippen LogP contribution in [0.1, 0.15) is 25.3 Å². The number of amides is 2. The Labute approximate surface area is 112 Å². The van der Waals surface area contributed by atoms with Gasteiger partial charge >= 0.3 is 0 Å². The van der Waals surface area contributed by atoms with Gasteiger partial charge in [-0.05, 0) is 23.6 Å². The predicted octanol–water partition coefficient (Wildman–Crippen LogP) is 0.837. The Morgan fingerprint density at radius 2 is 2.21 bits per heavy atom. The van der Waals surface area contributed by atoms with Gasteiger partial charge in [0.05, 0.1) is 6.54 Å². The molecule has 19 heavy (non-hydrogen) atoms. The van der Waals surface area contributed by atoms with E-state index in [4.69, 9.17) is 0 Å². The summed E-state index contributed by atoms with van der Waals surface area (Å²) in [4.78, 5) is 23.0. The Kier molecular flexibility index (Phi) is 4.16. The van der Waals surface area contributed by atoms with Gasteiger partial charge in [0, 0.05) is 12.2 Å². The van der Waals surface area contributed by atoms with Crippen LogP contribution in [0.4, 0.5) is 5.69 Å². The summed E-state index contributed by atoms with van der Waals surface area (Å²) in [5.41, 5.74) is 1.97. The number of hydrogen-bond acceptors (Lipinski definition) is 3. The molecular formula is C14H19N3O2. The van der Waals surface area contributed by atoms with E-state index < -0.39 is 0 Å². The molecule has 1 aromatic rings. The van der Waals surface area contributed by atoms with E-state index in [1.54, 1.807) is 0 Å². The molecule has 0 aromatic heterocycles. The maximum Gasteiger partial charge on any atom is 0.243 e. The summed E-state index contributed by atoms with van der Waals surface area (Å²) in [7, 11) is 0. The van der Waals surface area contributed by atoms with Gasteiger partial charge in [0.25, 0.3) is 0 Å². The van der Waals surface area contributed by atoms with Crippen LogP contribution in [-0.2, 0) is 9.59 Å². The van der Waals surface area contributed by atoms with Crippen LogP contribution in [-0.4, -0.2) is 30.9 Å². The molecule has 1 heterocycles. The molecule has 0 radical (unpaired) electrons. The van der Waals surface area contributed by atoms with E-state index in [0.717, 1.165) is 5.69 Å². The predicted molar refractivity (Wildman–Crippen MR) is 74.0 cm³/mol. The number of nitrogens with one attached hydrogen (secondary N) is 3. The Morgan fingerprint density at radius 1 is 1.42 bits per heavy atom. The highest BCUT2D eigenvalue weighted by Gasteiger charge is 2.23. The minimum Gasteiger partial charge on any atom is -0.353 e. The maximum atomic E-state index is 12.0.